The highest BCUT2D eigenvalue weighted by atomic mass is 16.3. The van der Waals surface area contributed by atoms with Gasteiger partial charge < -0.3 is 20.6 Å². The number of amides is 1. The molecule has 0 spiro atoms. The van der Waals surface area contributed by atoms with Crippen molar-refractivity contribution in [3.63, 3.8) is 0 Å². The van der Waals surface area contributed by atoms with Crippen molar-refractivity contribution in [3.8, 4) is 0 Å². The summed E-state index contributed by atoms with van der Waals surface area (Å²) in [5.41, 5.74) is -0.455. The van der Waals surface area contributed by atoms with Crippen LogP contribution in [0.25, 0.3) is 0 Å². The number of nitrogens with zero attached hydrogens (tertiary/aromatic N) is 1. The summed E-state index contributed by atoms with van der Waals surface area (Å²) < 4.78 is 0. The van der Waals surface area contributed by atoms with Crippen LogP contribution in [-0.2, 0) is 4.79 Å². The Morgan fingerprint density at radius 3 is 2.33 bits per heavy atom. The van der Waals surface area contributed by atoms with Crippen LogP contribution < -0.4 is 10.6 Å². The number of rotatable bonds is 9. The van der Waals surface area contributed by atoms with E-state index < -0.39 is 11.5 Å². The van der Waals surface area contributed by atoms with Gasteiger partial charge in [-0.05, 0) is 26.9 Å². The van der Waals surface area contributed by atoms with E-state index in [1.165, 1.54) is 0 Å². The zero-order valence-electron chi connectivity index (χ0n) is 12.4. The van der Waals surface area contributed by atoms with Gasteiger partial charge in [0, 0.05) is 26.7 Å². The quantitative estimate of drug-likeness (QED) is 0.547. The lowest BCUT2D eigenvalue weighted by atomic mass is 9.92. The highest BCUT2D eigenvalue weighted by Crippen LogP contribution is 2.12. The average molecular weight is 259 g/mol. The molecule has 3 N–H and O–H groups in total. The number of aliphatic hydroxyl groups excluding tert-OH is 1. The van der Waals surface area contributed by atoms with E-state index in [0.717, 1.165) is 13.1 Å². The monoisotopic (exact) mass is 259 g/mol. The summed E-state index contributed by atoms with van der Waals surface area (Å²) in [6, 6.07) is 0. The third-order valence-electron chi connectivity index (χ3n) is 3.15. The van der Waals surface area contributed by atoms with Gasteiger partial charge in [-0.3, -0.25) is 4.79 Å². The SMILES string of the molecule is CCN(CC)CC(O)CNCC(C)(C)C(=O)NC. The molecule has 0 aliphatic rings. The molecule has 0 fully saturated rings. The second kappa shape index (κ2) is 8.45. The Bertz CT molecular complexity index is 240. The summed E-state index contributed by atoms with van der Waals surface area (Å²) in [5.74, 6) is 0.00762. The Morgan fingerprint density at radius 1 is 1.33 bits per heavy atom. The topological polar surface area (TPSA) is 64.6 Å². The lowest BCUT2D eigenvalue weighted by Crippen LogP contribution is -2.45. The van der Waals surface area contributed by atoms with Gasteiger partial charge in [-0.15, -0.1) is 0 Å². The molecule has 1 atom stereocenters. The summed E-state index contributed by atoms with van der Waals surface area (Å²) >= 11 is 0. The van der Waals surface area contributed by atoms with Crippen molar-refractivity contribution in [2.24, 2.45) is 5.41 Å². The van der Waals surface area contributed by atoms with Crippen molar-refractivity contribution in [2.75, 3.05) is 39.8 Å². The van der Waals surface area contributed by atoms with Gasteiger partial charge in [-0.25, -0.2) is 0 Å². The van der Waals surface area contributed by atoms with Crippen LogP contribution in [0.4, 0.5) is 0 Å². The predicted molar refractivity (Wildman–Crippen MR) is 74.5 cm³/mol. The summed E-state index contributed by atoms with van der Waals surface area (Å²) in [4.78, 5) is 13.7. The predicted octanol–water partition coefficient (Wildman–Crippen LogP) is 0.0509. The molecule has 1 unspecified atom stereocenters. The Kier molecular flexibility index (Phi) is 8.15. The van der Waals surface area contributed by atoms with Crippen LogP contribution in [0.1, 0.15) is 27.7 Å². The normalized spacial score (nSPS) is 13.7. The summed E-state index contributed by atoms with van der Waals surface area (Å²) in [5, 5.41) is 15.7. The van der Waals surface area contributed by atoms with Gasteiger partial charge in [-0.2, -0.15) is 0 Å². The molecule has 18 heavy (non-hydrogen) atoms. The van der Waals surface area contributed by atoms with Gasteiger partial charge in [-0.1, -0.05) is 13.8 Å². The summed E-state index contributed by atoms with van der Waals surface area (Å²) in [7, 11) is 1.64. The molecule has 5 nitrogen and oxygen atoms in total. The van der Waals surface area contributed by atoms with E-state index in [-0.39, 0.29) is 5.91 Å². The second-order valence-corrected chi connectivity index (χ2v) is 5.23. The molecule has 0 aliphatic heterocycles. The van der Waals surface area contributed by atoms with Crippen molar-refractivity contribution in [2.45, 2.75) is 33.8 Å². The number of nitrogens with one attached hydrogen (secondary N) is 2. The molecule has 0 radical (unpaired) electrons. The van der Waals surface area contributed by atoms with Crippen molar-refractivity contribution in [1.82, 2.24) is 15.5 Å². The van der Waals surface area contributed by atoms with E-state index in [1.54, 1.807) is 7.05 Å². The molecule has 0 bridgehead atoms. The lowest BCUT2D eigenvalue weighted by molar-refractivity contribution is -0.128. The minimum atomic E-state index is -0.455. The summed E-state index contributed by atoms with van der Waals surface area (Å²) in [6.07, 6.45) is -0.398. The van der Waals surface area contributed by atoms with E-state index in [9.17, 15) is 9.90 Å². The Balaban J connectivity index is 3.93. The zero-order chi connectivity index (χ0) is 14.2. The Labute approximate surface area is 111 Å². The maximum absolute atomic E-state index is 11.6. The first-order valence-electron chi connectivity index (χ1n) is 6.70. The minimum Gasteiger partial charge on any atom is -0.390 e. The highest BCUT2D eigenvalue weighted by molar-refractivity contribution is 5.81. The Morgan fingerprint density at radius 2 is 1.89 bits per heavy atom. The zero-order valence-corrected chi connectivity index (χ0v) is 12.4. The van der Waals surface area contributed by atoms with Crippen molar-refractivity contribution in [1.29, 1.82) is 0 Å². The standard InChI is InChI=1S/C13H29N3O2/c1-6-16(7-2)9-11(17)8-15-10-13(3,4)12(18)14-5/h11,15,17H,6-10H2,1-5H3,(H,14,18). The smallest absolute Gasteiger partial charge is 0.226 e. The molecule has 0 rings (SSSR count). The van der Waals surface area contributed by atoms with E-state index in [4.69, 9.17) is 0 Å². The molecule has 0 saturated heterocycles. The van der Waals surface area contributed by atoms with Crippen molar-refractivity contribution >= 4 is 5.91 Å². The third-order valence-corrected chi connectivity index (χ3v) is 3.15. The maximum atomic E-state index is 11.6. The van der Waals surface area contributed by atoms with Gasteiger partial charge in [0.25, 0.3) is 0 Å². The molecule has 0 heterocycles. The fourth-order valence-electron chi connectivity index (χ4n) is 1.81. The Hall–Kier alpha value is -0.650. The van der Waals surface area contributed by atoms with E-state index in [2.05, 4.69) is 29.4 Å². The van der Waals surface area contributed by atoms with Crippen LogP contribution in [0.3, 0.4) is 0 Å². The van der Waals surface area contributed by atoms with Crippen LogP contribution in [0.2, 0.25) is 0 Å². The van der Waals surface area contributed by atoms with Crippen molar-refractivity contribution in [3.05, 3.63) is 0 Å². The largest absolute Gasteiger partial charge is 0.390 e. The molecule has 0 aliphatic carbocycles. The lowest BCUT2D eigenvalue weighted by Gasteiger charge is -2.25. The highest BCUT2D eigenvalue weighted by Gasteiger charge is 2.26. The summed E-state index contributed by atoms with van der Waals surface area (Å²) in [6.45, 7) is 11.6. The molecule has 5 heteroatoms. The van der Waals surface area contributed by atoms with E-state index in [1.807, 2.05) is 13.8 Å². The molecule has 0 aromatic carbocycles. The maximum Gasteiger partial charge on any atom is 0.226 e. The van der Waals surface area contributed by atoms with Crippen molar-refractivity contribution < 1.29 is 9.90 Å². The molecular formula is C13H29N3O2. The fourth-order valence-corrected chi connectivity index (χ4v) is 1.81. The van der Waals surface area contributed by atoms with Gasteiger partial charge >= 0.3 is 0 Å². The van der Waals surface area contributed by atoms with E-state index >= 15 is 0 Å². The molecular weight excluding hydrogens is 230 g/mol. The number of carbonyl (C=O) groups is 1. The number of likely N-dealkylation sites (N-methyl/N-ethyl adjacent to an activating group) is 1. The first-order valence-corrected chi connectivity index (χ1v) is 6.70. The molecule has 108 valence electrons. The van der Waals surface area contributed by atoms with Crippen LogP contribution in [0.5, 0.6) is 0 Å². The molecule has 1 amide bonds. The third kappa shape index (κ3) is 6.33. The minimum absolute atomic E-state index is 0.00762. The number of carbonyl (C=O) groups excluding carboxylic acids is 1. The van der Waals surface area contributed by atoms with E-state index in [0.29, 0.717) is 19.6 Å². The number of hydrogen-bond acceptors (Lipinski definition) is 4. The molecule has 0 saturated carbocycles. The van der Waals surface area contributed by atoms with Crippen LogP contribution in [-0.4, -0.2) is 61.8 Å². The fraction of sp³-hybridized carbons (Fsp3) is 0.923. The number of hydrogen-bond donors (Lipinski definition) is 3. The van der Waals surface area contributed by atoms with Gasteiger partial charge in [0.2, 0.25) is 5.91 Å². The molecule has 0 aromatic heterocycles. The van der Waals surface area contributed by atoms with Crippen LogP contribution in [0.15, 0.2) is 0 Å². The van der Waals surface area contributed by atoms with Gasteiger partial charge in [0.1, 0.15) is 0 Å². The second-order valence-electron chi connectivity index (χ2n) is 5.23. The average Bonchev–Trinajstić information content (AvgIpc) is 2.34. The molecule has 0 aromatic rings. The first kappa shape index (κ1) is 17.4. The van der Waals surface area contributed by atoms with Gasteiger partial charge in [0.15, 0.2) is 0 Å². The van der Waals surface area contributed by atoms with Gasteiger partial charge in [0.05, 0.1) is 11.5 Å². The van der Waals surface area contributed by atoms with Crippen LogP contribution >= 0.6 is 0 Å². The first-order chi connectivity index (χ1) is 8.37. The van der Waals surface area contributed by atoms with Crippen LogP contribution in [0, 0.1) is 5.41 Å². The number of aliphatic hydroxyl groups is 1.